The maximum atomic E-state index is 5.23. The fourth-order valence-electron chi connectivity index (χ4n) is 2.68. The van der Waals surface area contributed by atoms with Gasteiger partial charge in [0.25, 0.3) is 0 Å². The average Bonchev–Trinajstić information content (AvgIpc) is 2.33. The van der Waals surface area contributed by atoms with Crippen LogP contribution in [0.25, 0.3) is 0 Å². The van der Waals surface area contributed by atoms with Crippen molar-refractivity contribution in [3.05, 3.63) is 35.4 Å². The van der Waals surface area contributed by atoms with Gasteiger partial charge in [0.1, 0.15) is 0 Å². The van der Waals surface area contributed by atoms with Gasteiger partial charge < -0.3 is 10.1 Å². The van der Waals surface area contributed by atoms with E-state index in [1.807, 2.05) is 0 Å². The van der Waals surface area contributed by atoms with Gasteiger partial charge in [-0.15, -0.1) is 0 Å². The molecule has 0 bridgehead atoms. The molecule has 1 atom stereocenters. The van der Waals surface area contributed by atoms with Crippen molar-refractivity contribution in [1.29, 1.82) is 0 Å². The Morgan fingerprint density at radius 3 is 2.50 bits per heavy atom. The predicted molar refractivity (Wildman–Crippen MR) is 76.0 cm³/mol. The molecule has 0 radical (unpaired) electrons. The molecule has 1 aliphatic carbocycles. The summed E-state index contributed by atoms with van der Waals surface area (Å²) in [6, 6.07) is 10.2. The topological polar surface area (TPSA) is 21.3 Å². The highest BCUT2D eigenvalue weighted by atomic mass is 16.5. The van der Waals surface area contributed by atoms with E-state index in [4.69, 9.17) is 4.74 Å². The highest BCUT2D eigenvalue weighted by Crippen LogP contribution is 2.37. The molecule has 0 saturated heterocycles. The molecule has 0 spiro atoms. The summed E-state index contributed by atoms with van der Waals surface area (Å²) in [5, 5.41) is 3.69. The Morgan fingerprint density at radius 2 is 1.94 bits per heavy atom. The molecular formula is C16H25NO. The number of hydrogen-bond acceptors (Lipinski definition) is 2. The highest BCUT2D eigenvalue weighted by Gasteiger charge is 2.31. The van der Waals surface area contributed by atoms with Gasteiger partial charge in [0.15, 0.2) is 0 Å². The Bertz CT molecular complexity index is 354. The minimum absolute atomic E-state index is 0.513. The fourth-order valence-corrected chi connectivity index (χ4v) is 2.68. The van der Waals surface area contributed by atoms with E-state index in [9.17, 15) is 0 Å². The first-order chi connectivity index (χ1) is 8.72. The van der Waals surface area contributed by atoms with E-state index >= 15 is 0 Å². The lowest BCUT2D eigenvalue weighted by Crippen LogP contribution is -2.46. The second kappa shape index (κ2) is 6.35. The second-order valence-corrected chi connectivity index (χ2v) is 5.50. The van der Waals surface area contributed by atoms with Gasteiger partial charge in [0, 0.05) is 19.2 Å². The molecule has 0 aromatic heterocycles. The number of benzene rings is 1. The molecule has 1 unspecified atom stereocenters. The van der Waals surface area contributed by atoms with E-state index in [0.29, 0.717) is 12.1 Å². The Balaban J connectivity index is 1.78. The third-order valence-corrected chi connectivity index (χ3v) is 4.02. The number of aryl methyl sites for hydroxylation is 1. The Morgan fingerprint density at radius 1 is 1.28 bits per heavy atom. The first-order valence-corrected chi connectivity index (χ1v) is 7.04. The number of hydrogen-bond donors (Lipinski definition) is 1. The summed E-state index contributed by atoms with van der Waals surface area (Å²) in [5.74, 6) is 0.753. The van der Waals surface area contributed by atoms with Crippen molar-refractivity contribution in [2.24, 2.45) is 0 Å². The summed E-state index contributed by atoms with van der Waals surface area (Å²) >= 11 is 0. The van der Waals surface area contributed by atoms with Gasteiger partial charge in [-0.1, -0.05) is 36.8 Å². The van der Waals surface area contributed by atoms with Crippen LogP contribution in [-0.2, 0) is 4.74 Å². The quantitative estimate of drug-likeness (QED) is 0.833. The number of ether oxygens (including phenoxy) is 1. The predicted octanol–water partition coefficient (Wildman–Crippen LogP) is 3.26. The number of nitrogens with one attached hydrogen (secondary N) is 1. The normalized spacial score (nSPS) is 24.6. The van der Waals surface area contributed by atoms with Crippen molar-refractivity contribution in [3.63, 3.8) is 0 Å². The van der Waals surface area contributed by atoms with Crippen LogP contribution in [0.5, 0.6) is 0 Å². The smallest absolute Gasteiger partial charge is 0.0615 e. The third-order valence-electron chi connectivity index (χ3n) is 4.02. The van der Waals surface area contributed by atoms with Crippen LogP contribution in [0.3, 0.4) is 0 Å². The minimum atomic E-state index is 0.513. The Hall–Kier alpha value is -0.860. The maximum Gasteiger partial charge on any atom is 0.0615 e. The molecular weight excluding hydrogens is 222 g/mol. The van der Waals surface area contributed by atoms with Crippen LogP contribution >= 0.6 is 0 Å². The monoisotopic (exact) mass is 247 g/mol. The van der Waals surface area contributed by atoms with E-state index < -0.39 is 0 Å². The van der Waals surface area contributed by atoms with Crippen molar-refractivity contribution >= 4 is 0 Å². The highest BCUT2D eigenvalue weighted by molar-refractivity contribution is 5.26. The van der Waals surface area contributed by atoms with Crippen LogP contribution in [0, 0.1) is 6.92 Å². The molecule has 1 aliphatic rings. The zero-order valence-corrected chi connectivity index (χ0v) is 11.8. The lowest BCUT2D eigenvalue weighted by atomic mass is 9.75. The van der Waals surface area contributed by atoms with Gasteiger partial charge in [-0.2, -0.15) is 0 Å². The molecule has 1 aromatic rings. The third kappa shape index (κ3) is 3.33. The van der Waals surface area contributed by atoms with Crippen LogP contribution < -0.4 is 5.32 Å². The average molecular weight is 247 g/mol. The van der Waals surface area contributed by atoms with Crippen LogP contribution in [0.1, 0.15) is 43.2 Å². The SMILES string of the molecule is CCC(COC)NC1CC(c2ccc(C)cc2)C1. The first-order valence-electron chi connectivity index (χ1n) is 7.04. The zero-order chi connectivity index (χ0) is 13.0. The lowest BCUT2D eigenvalue weighted by molar-refractivity contribution is 0.144. The number of rotatable bonds is 6. The molecule has 0 amide bonds. The molecule has 100 valence electrons. The Kier molecular flexibility index (Phi) is 4.79. The summed E-state index contributed by atoms with van der Waals surface area (Å²) < 4.78 is 5.23. The van der Waals surface area contributed by atoms with Crippen molar-refractivity contribution in [3.8, 4) is 0 Å². The van der Waals surface area contributed by atoms with Gasteiger partial charge in [0.05, 0.1) is 6.61 Å². The van der Waals surface area contributed by atoms with Gasteiger partial charge in [0.2, 0.25) is 0 Å². The summed E-state index contributed by atoms with van der Waals surface area (Å²) in [7, 11) is 1.78. The van der Waals surface area contributed by atoms with Crippen LogP contribution in [0.2, 0.25) is 0 Å². The molecule has 18 heavy (non-hydrogen) atoms. The molecule has 1 saturated carbocycles. The van der Waals surface area contributed by atoms with Crippen LogP contribution in [0.4, 0.5) is 0 Å². The summed E-state index contributed by atoms with van der Waals surface area (Å²) in [4.78, 5) is 0. The van der Waals surface area contributed by atoms with E-state index in [1.165, 1.54) is 24.0 Å². The maximum absolute atomic E-state index is 5.23. The summed E-state index contributed by atoms with van der Waals surface area (Å²) in [6.07, 6.45) is 3.67. The second-order valence-electron chi connectivity index (χ2n) is 5.50. The van der Waals surface area contributed by atoms with Gasteiger partial charge in [-0.3, -0.25) is 0 Å². The van der Waals surface area contributed by atoms with E-state index in [1.54, 1.807) is 7.11 Å². The van der Waals surface area contributed by atoms with E-state index in [-0.39, 0.29) is 0 Å². The Labute approximate surface area is 111 Å². The molecule has 2 heteroatoms. The van der Waals surface area contributed by atoms with Crippen molar-refractivity contribution in [2.75, 3.05) is 13.7 Å². The van der Waals surface area contributed by atoms with Crippen LogP contribution in [-0.4, -0.2) is 25.8 Å². The first kappa shape index (κ1) is 13.6. The zero-order valence-electron chi connectivity index (χ0n) is 11.8. The van der Waals surface area contributed by atoms with Crippen molar-refractivity contribution in [2.45, 2.75) is 51.1 Å². The van der Waals surface area contributed by atoms with E-state index in [2.05, 4.69) is 43.4 Å². The molecule has 2 nitrogen and oxygen atoms in total. The molecule has 0 heterocycles. The standard InChI is InChI=1S/C16H25NO/c1-4-15(11-18-3)17-16-9-14(10-16)13-7-5-12(2)6-8-13/h5-8,14-17H,4,9-11H2,1-3H3. The fraction of sp³-hybridized carbons (Fsp3) is 0.625. The lowest BCUT2D eigenvalue weighted by Gasteiger charge is -2.38. The molecule has 0 aliphatic heterocycles. The number of methoxy groups -OCH3 is 1. The minimum Gasteiger partial charge on any atom is -0.383 e. The van der Waals surface area contributed by atoms with E-state index in [0.717, 1.165) is 18.9 Å². The molecule has 1 fully saturated rings. The van der Waals surface area contributed by atoms with Gasteiger partial charge in [-0.25, -0.2) is 0 Å². The van der Waals surface area contributed by atoms with Crippen LogP contribution in [0.15, 0.2) is 24.3 Å². The molecule has 2 rings (SSSR count). The summed E-state index contributed by atoms with van der Waals surface area (Å²) in [5.41, 5.74) is 2.84. The largest absolute Gasteiger partial charge is 0.383 e. The molecule has 1 N–H and O–H groups in total. The molecule has 1 aromatic carbocycles. The summed E-state index contributed by atoms with van der Waals surface area (Å²) in [6.45, 7) is 5.18. The van der Waals surface area contributed by atoms with Crippen molar-refractivity contribution < 1.29 is 4.74 Å². The van der Waals surface area contributed by atoms with Crippen molar-refractivity contribution in [1.82, 2.24) is 5.32 Å². The van der Waals surface area contributed by atoms with Gasteiger partial charge >= 0.3 is 0 Å². The van der Waals surface area contributed by atoms with Gasteiger partial charge in [-0.05, 0) is 37.7 Å².